The van der Waals surface area contributed by atoms with E-state index >= 15 is 0 Å². The van der Waals surface area contributed by atoms with Crippen molar-refractivity contribution in [1.82, 2.24) is 15.0 Å². The zero-order valence-electron chi connectivity index (χ0n) is 17.4. The van der Waals surface area contributed by atoms with Crippen molar-refractivity contribution in [3.63, 3.8) is 0 Å². The Labute approximate surface area is 190 Å². The maximum Gasteiger partial charge on any atom is 0.316 e. The maximum atomic E-state index is 12.2. The number of sulfone groups is 1. The van der Waals surface area contributed by atoms with Crippen molar-refractivity contribution >= 4 is 56.4 Å². The van der Waals surface area contributed by atoms with Gasteiger partial charge in [-0.05, 0) is 66.9 Å². The van der Waals surface area contributed by atoms with Crippen LogP contribution in [0.15, 0.2) is 47.4 Å². The minimum absolute atomic E-state index is 0.0465. The van der Waals surface area contributed by atoms with E-state index in [1.54, 1.807) is 30.3 Å². The Morgan fingerprint density at radius 2 is 1.59 bits per heavy atom. The summed E-state index contributed by atoms with van der Waals surface area (Å²) in [6, 6.07) is 10.9. The van der Waals surface area contributed by atoms with Crippen molar-refractivity contribution in [2.45, 2.75) is 25.2 Å². The van der Waals surface area contributed by atoms with Gasteiger partial charge in [-0.3, -0.25) is 0 Å². The van der Waals surface area contributed by atoms with Gasteiger partial charge in [-0.1, -0.05) is 13.0 Å². The number of anilines is 5. The highest BCUT2D eigenvalue weighted by Crippen LogP contribution is 2.24. The fourth-order valence-corrected chi connectivity index (χ4v) is 4.30. The molecule has 0 spiro atoms. The smallest absolute Gasteiger partial charge is 0.316 e. The molecule has 1 heterocycles. The second-order valence-electron chi connectivity index (χ2n) is 6.86. The van der Waals surface area contributed by atoms with Crippen LogP contribution in [0.5, 0.6) is 0 Å². The number of benzene rings is 2. The molecule has 0 saturated carbocycles. The van der Waals surface area contributed by atoms with Gasteiger partial charge in [0.15, 0.2) is 9.84 Å². The molecule has 3 rings (SSSR count). The molecule has 0 radical (unpaired) electrons. The number of aromatic nitrogens is 3. The zero-order chi connectivity index (χ0) is 23.3. The summed E-state index contributed by atoms with van der Waals surface area (Å²) >= 11 is 6.03. The number of halogens is 1. The van der Waals surface area contributed by atoms with Crippen LogP contribution in [-0.4, -0.2) is 35.2 Å². The second kappa shape index (κ2) is 9.79. The molecule has 2 aromatic carbocycles. The summed E-state index contributed by atoms with van der Waals surface area (Å²) < 4.78 is 24.3. The van der Waals surface area contributed by atoms with Gasteiger partial charge in [-0.25, -0.2) is 13.2 Å². The van der Waals surface area contributed by atoms with E-state index in [0.29, 0.717) is 23.5 Å². The quantitative estimate of drug-likeness (QED) is 0.381. The van der Waals surface area contributed by atoms with Crippen LogP contribution in [0.3, 0.4) is 0 Å². The van der Waals surface area contributed by atoms with E-state index in [9.17, 15) is 13.2 Å². The van der Waals surface area contributed by atoms with Crippen molar-refractivity contribution in [2.24, 2.45) is 5.73 Å². The molecule has 0 saturated heterocycles. The Morgan fingerprint density at radius 1 is 1.00 bits per heavy atom. The SMILES string of the molecule is CCCS(=O)(=O)c1ccc(Nc2nc(Cl)nc(Nc3ccc(C)c(NC(N)=O)c3)n2)cc1. The first-order chi connectivity index (χ1) is 15.2. The lowest BCUT2D eigenvalue weighted by molar-refractivity contribution is 0.259. The first-order valence-corrected chi connectivity index (χ1v) is 11.6. The highest BCUT2D eigenvalue weighted by atomic mass is 35.5. The number of hydrogen-bond donors (Lipinski definition) is 4. The van der Waals surface area contributed by atoms with Crippen LogP contribution in [0.25, 0.3) is 0 Å². The van der Waals surface area contributed by atoms with Gasteiger partial charge >= 0.3 is 6.03 Å². The first kappa shape index (κ1) is 23.2. The van der Waals surface area contributed by atoms with Gasteiger partial charge in [0.2, 0.25) is 17.2 Å². The molecule has 0 aliphatic rings. The van der Waals surface area contributed by atoms with E-state index in [2.05, 4.69) is 30.9 Å². The third-order valence-electron chi connectivity index (χ3n) is 4.30. The lowest BCUT2D eigenvalue weighted by atomic mass is 10.2. The predicted molar refractivity (Wildman–Crippen MR) is 125 cm³/mol. The molecule has 0 atom stereocenters. The number of nitrogens with one attached hydrogen (secondary N) is 3. The maximum absolute atomic E-state index is 12.2. The highest BCUT2D eigenvalue weighted by molar-refractivity contribution is 7.91. The molecule has 5 N–H and O–H groups in total. The minimum Gasteiger partial charge on any atom is -0.351 e. The van der Waals surface area contributed by atoms with Gasteiger partial charge in [0.25, 0.3) is 0 Å². The van der Waals surface area contributed by atoms with Gasteiger partial charge in [0.05, 0.1) is 10.6 Å². The number of hydrogen-bond acceptors (Lipinski definition) is 8. The van der Waals surface area contributed by atoms with Gasteiger partial charge < -0.3 is 21.7 Å². The lowest BCUT2D eigenvalue weighted by Gasteiger charge is -2.11. The second-order valence-corrected chi connectivity index (χ2v) is 9.31. The van der Waals surface area contributed by atoms with Crippen LogP contribution in [0.4, 0.5) is 33.8 Å². The summed E-state index contributed by atoms with van der Waals surface area (Å²) in [4.78, 5) is 23.8. The Morgan fingerprint density at radius 3 is 2.19 bits per heavy atom. The van der Waals surface area contributed by atoms with Crippen molar-refractivity contribution in [3.05, 3.63) is 53.3 Å². The fraction of sp³-hybridized carbons (Fsp3) is 0.200. The largest absolute Gasteiger partial charge is 0.351 e. The van der Waals surface area contributed by atoms with Crippen LogP contribution in [0, 0.1) is 6.92 Å². The van der Waals surface area contributed by atoms with E-state index in [4.69, 9.17) is 17.3 Å². The average molecular weight is 476 g/mol. The van der Waals surface area contributed by atoms with Crippen LogP contribution in [0.1, 0.15) is 18.9 Å². The number of nitrogens with zero attached hydrogens (tertiary/aromatic N) is 3. The van der Waals surface area contributed by atoms with E-state index in [1.165, 1.54) is 12.1 Å². The number of aryl methyl sites for hydroxylation is 1. The third kappa shape index (κ3) is 6.05. The monoisotopic (exact) mass is 475 g/mol. The van der Waals surface area contributed by atoms with E-state index in [0.717, 1.165) is 5.56 Å². The summed E-state index contributed by atoms with van der Waals surface area (Å²) in [6.07, 6.45) is 0.544. The van der Waals surface area contributed by atoms with Crippen molar-refractivity contribution in [3.8, 4) is 0 Å². The molecule has 0 aliphatic heterocycles. The predicted octanol–water partition coefficient (Wildman–Crippen LogP) is 3.99. The molecule has 3 aromatic rings. The van der Waals surface area contributed by atoms with Crippen LogP contribution >= 0.6 is 11.6 Å². The molecule has 0 unspecified atom stereocenters. The molecule has 10 nitrogen and oxygen atoms in total. The number of primary amides is 1. The summed E-state index contributed by atoms with van der Waals surface area (Å²) in [5.74, 6) is 0.427. The fourth-order valence-electron chi connectivity index (χ4n) is 2.82. The van der Waals surface area contributed by atoms with Gasteiger partial charge in [-0.2, -0.15) is 15.0 Å². The van der Waals surface area contributed by atoms with Crippen molar-refractivity contribution in [2.75, 3.05) is 21.7 Å². The number of carbonyl (C=O) groups excluding carboxylic acids is 1. The molecule has 0 fully saturated rings. The Hall–Kier alpha value is -3.44. The van der Waals surface area contributed by atoms with Crippen LogP contribution in [-0.2, 0) is 9.84 Å². The number of nitrogens with two attached hydrogens (primary N) is 1. The molecule has 1 aromatic heterocycles. The third-order valence-corrected chi connectivity index (χ3v) is 6.41. The first-order valence-electron chi connectivity index (χ1n) is 9.62. The summed E-state index contributed by atoms with van der Waals surface area (Å²) in [5.41, 5.74) is 7.74. The average Bonchev–Trinajstić information content (AvgIpc) is 2.70. The van der Waals surface area contributed by atoms with Gasteiger partial charge in [0.1, 0.15) is 0 Å². The summed E-state index contributed by atoms with van der Waals surface area (Å²) in [5, 5.41) is 8.47. The zero-order valence-corrected chi connectivity index (χ0v) is 19.0. The number of carbonyl (C=O) groups is 1. The number of amides is 2. The molecule has 2 amide bonds. The van der Waals surface area contributed by atoms with E-state index < -0.39 is 15.9 Å². The van der Waals surface area contributed by atoms with Gasteiger partial charge in [0, 0.05) is 17.1 Å². The topological polar surface area (TPSA) is 152 Å². The summed E-state index contributed by atoms with van der Waals surface area (Å²) in [7, 11) is -3.30. The number of urea groups is 1. The van der Waals surface area contributed by atoms with Crippen LogP contribution < -0.4 is 21.7 Å². The van der Waals surface area contributed by atoms with E-state index in [-0.39, 0.29) is 27.8 Å². The molecule has 32 heavy (non-hydrogen) atoms. The van der Waals surface area contributed by atoms with E-state index in [1.807, 2.05) is 13.8 Å². The molecular weight excluding hydrogens is 454 g/mol. The van der Waals surface area contributed by atoms with Crippen molar-refractivity contribution in [1.29, 1.82) is 0 Å². The van der Waals surface area contributed by atoms with Crippen LogP contribution in [0.2, 0.25) is 5.28 Å². The molecule has 0 bridgehead atoms. The van der Waals surface area contributed by atoms with Crippen molar-refractivity contribution < 1.29 is 13.2 Å². The molecular formula is C20H22ClN7O3S. The minimum atomic E-state index is -3.30. The number of rotatable bonds is 8. The molecule has 168 valence electrons. The normalized spacial score (nSPS) is 11.1. The lowest BCUT2D eigenvalue weighted by Crippen LogP contribution is -2.19. The molecule has 12 heteroatoms. The van der Waals surface area contributed by atoms with Gasteiger partial charge in [-0.15, -0.1) is 0 Å². The highest BCUT2D eigenvalue weighted by Gasteiger charge is 2.13. The Kier molecular flexibility index (Phi) is 7.11. The Bertz CT molecular complexity index is 1230. The summed E-state index contributed by atoms with van der Waals surface area (Å²) in [6.45, 7) is 3.64. The Balaban J connectivity index is 1.79. The standard InChI is InChI=1S/C20H22ClN7O3S/c1-3-10-32(30,31)15-8-6-13(7-9-15)23-19-26-17(21)27-20(28-19)24-14-5-4-12(2)16(11-14)25-18(22)29/h4-9,11H,3,10H2,1-2H3,(H3,22,25,29)(H2,23,24,26,27,28). The molecule has 0 aliphatic carbocycles.